The molecule has 1 aromatic carbocycles. The van der Waals surface area contributed by atoms with Gasteiger partial charge in [-0.05, 0) is 12.1 Å². The van der Waals surface area contributed by atoms with Gasteiger partial charge in [-0.15, -0.1) is 0 Å². The van der Waals surface area contributed by atoms with Crippen molar-refractivity contribution in [1.82, 2.24) is 0 Å². The standard InChI is InChI=1S/C10H9F2NO2/c1-2-7(13(14)15)6-8-9(11)4-3-5-10(8)12/h3-6H,2H2,1H3. The molecule has 1 rings (SSSR count). The van der Waals surface area contributed by atoms with Crippen molar-refractivity contribution in [2.45, 2.75) is 13.3 Å². The largest absolute Gasteiger partial charge is 0.259 e. The number of nitrogens with zero attached hydrogens (tertiary/aromatic N) is 1. The monoisotopic (exact) mass is 213 g/mol. The van der Waals surface area contributed by atoms with E-state index in [2.05, 4.69) is 0 Å². The van der Waals surface area contributed by atoms with Crippen molar-refractivity contribution >= 4 is 6.08 Å². The molecule has 0 heterocycles. The van der Waals surface area contributed by atoms with Gasteiger partial charge in [0.1, 0.15) is 11.6 Å². The van der Waals surface area contributed by atoms with E-state index in [1.165, 1.54) is 6.07 Å². The molecular weight excluding hydrogens is 204 g/mol. The molecular formula is C10H9F2NO2. The molecule has 0 saturated heterocycles. The quantitative estimate of drug-likeness (QED) is 0.572. The maximum absolute atomic E-state index is 13.1. The van der Waals surface area contributed by atoms with Gasteiger partial charge in [-0.3, -0.25) is 10.1 Å². The van der Waals surface area contributed by atoms with Gasteiger partial charge in [-0.2, -0.15) is 0 Å². The Labute approximate surface area is 85.2 Å². The van der Waals surface area contributed by atoms with Crippen molar-refractivity contribution in [3.63, 3.8) is 0 Å². The van der Waals surface area contributed by atoms with Crippen LogP contribution in [0.4, 0.5) is 8.78 Å². The maximum Gasteiger partial charge on any atom is 0.246 e. The van der Waals surface area contributed by atoms with E-state index in [1.54, 1.807) is 6.92 Å². The fourth-order valence-electron chi connectivity index (χ4n) is 1.10. The van der Waals surface area contributed by atoms with Crippen molar-refractivity contribution in [2.24, 2.45) is 0 Å². The average molecular weight is 213 g/mol. The van der Waals surface area contributed by atoms with E-state index in [0.717, 1.165) is 18.2 Å². The summed E-state index contributed by atoms with van der Waals surface area (Å²) in [6, 6.07) is 3.32. The predicted octanol–water partition coefficient (Wildman–Crippen LogP) is 2.99. The Kier molecular flexibility index (Phi) is 3.49. The highest BCUT2D eigenvalue weighted by Gasteiger charge is 2.12. The Morgan fingerprint density at radius 1 is 1.47 bits per heavy atom. The SMILES string of the molecule is CCC(=Cc1c(F)cccc1F)[N+](=O)[O-]. The highest BCUT2D eigenvalue weighted by molar-refractivity contribution is 5.52. The summed E-state index contributed by atoms with van der Waals surface area (Å²) in [7, 11) is 0. The molecule has 0 bridgehead atoms. The zero-order valence-electron chi connectivity index (χ0n) is 8.04. The minimum atomic E-state index is -0.803. The Bertz CT molecular complexity index is 396. The summed E-state index contributed by atoms with van der Waals surface area (Å²) >= 11 is 0. The van der Waals surface area contributed by atoms with Crippen molar-refractivity contribution in [1.29, 1.82) is 0 Å². The van der Waals surface area contributed by atoms with Crippen LogP contribution in [0, 0.1) is 21.7 Å². The highest BCUT2D eigenvalue weighted by Crippen LogP contribution is 2.17. The first-order chi connectivity index (χ1) is 7.06. The first kappa shape index (κ1) is 11.3. The van der Waals surface area contributed by atoms with E-state index < -0.39 is 16.6 Å². The molecule has 0 fully saturated rings. The number of allylic oxidation sites excluding steroid dienone is 1. The van der Waals surface area contributed by atoms with Crippen molar-refractivity contribution in [2.75, 3.05) is 0 Å². The van der Waals surface area contributed by atoms with E-state index in [0.29, 0.717) is 0 Å². The third-order valence-corrected chi connectivity index (χ3v) is 1.91. The van der Waals surface area contributed by atoms with Gasteiger partial charge in [-0.25, -0.2) is 8.78 Å². The minimum absolute atomic E-state index is 0.112. The molecule has 3 nitrogen and oxygen atoms in total. The normalized spacial score (nSPS) is 11.5. The minimum Gasteiger partial charge on any atom is -0.259 e. The second-order valence-electron chi connectivity index (χ2n) is 2.88. The topological polar surface area (TPSA) is 43.1 Å². The third kappa shape index (κ3) is 2.59. The van der Waals surface area contributed by atoms with Crippen LogP contribution in [-0.2, 0) is 0 Å². The summed E-state index contributed by atoms with van der Waals surface area (Å²) in [5.41, 5.74) is -0.593. The Hall–Kier alpha value is -1.78. The van der Waals surface area contributed by atoms with Crippen molar-refractivity contribution < 1.29 is 13.7 Å². The third-order valence-electron chi connectivity index (χ3n) is 1.91. The fourth-order valence-corrected chi connectivity index (χ4v) is 1.10. The lowest BCUT2D eigenvalue weighted by Gasteiger charge is -1.99. The molecule has 15 heavy (non-hydrogen) atoms. The molecule has 5 heteroatoms. The lowest BCUT2D eigenvalue weighted by Crippen LogP contribution is -1.98. The van der Waals surface area contributed by atoms with Gasteiger partial charge < -0.3 is 0 Å². The molecule has 0 aromatic heterocycles. The van der Waals surface area contributed by atoms with Gasteiger partial charge in [-0.1, -0.05) is 13.0 Å². The Balaban J connectivity index is 3.22. The Morgan fingerprint density at radius 2 is 2.00 bits per heavy atom. The summed E-state index contributed by atoms with van der Waals surface area (Å²) in [6.45, 7) is 1.55. The van der Waals surface area contributed by atoms with Crippen LogP contribution in [0.15, 0.2) is 23.9 Å². The van der Waals surface area contributed by atoms with E-state index in [9.17, 15) is 18.9 Å². The molecule has 0 unspecified atom stereocenters. The lowest BCUT2D eigenvalue weighted by atomic mass is 10.1. The maximum atomic E-state index is 13.1. The van der Waals surface area contributed by atoms with Crippen LogP contribution in [0.5, 0.6) is 0 Å². The van der Waals surface area contributed by atoms with Crippen LogP contribution in [0.25, 0.3) is 6.08 Å². The first-order valence-electron chi connectivity index (χ1n) is 4.35. The fraction of sp³-hybridized carbons (Fsp3) is 0.200. The summed E-state index contributed by atoms with van der Waals surface area (Å²) in [5.74, 6) is -1.61. The van der Waals surface area contributed by atoms with Gasteiger partial charge >= 0.3 is 0 Å². The lowest BCUT2D eigenvalue weighted by molar-refractivity contribution is -0.425. The smallest absolute Gasteiger partial charge is 0.246 e. The van der Waals surface area contributed by atoms with Gasteiger partial charge in [0.2, 0.25) is 5.70 Å². The number of nitro groups is 1. The van der Waals surface area contributed by atoms with Crippen LogP contribution < -0.4 is 0 Å². The van der Waals surface area contributed by atoms with Crippen LogP contribution in [0.3, 0.4) is 0 Å². The van der Waals surface area contributed by atoms with Crippen molar-refractivity contribution in [3.8, 4) is 0 Å². The van der Waals surface area contributed by atoms with Gasteiger partial charge in [0.25, 0.3) is 0 Å². The number of halogens is 2. The molecule has 0 N–H and O–H groups in total. The van der Waals surface area contributed by atoms with Gasteiger partial charge in [0.15, 0.2) is 0 Å². The molecule has 0 radical (unpaired) electrons. The van der Waals surface area contributed by atoms with E-state index in [1.807, 2.05) is 0 Å². The molecule has 0 aliphatic carbocycles. The first-order valence-corrected chi connectivity index (χ1v) is 4.35. The molecule has 0 spiro atoms. The molecule has 0 atom stereocenters. The number of hydrogen-bond acceptors (Lipinski definition) is 2. The van der Waals surface area contributed by atoms with Crippen LogP contribution in [0.1, 0.15) is 18.9 Å². The van der Waals surface area contributed by atoms with Gasteiger partial charge in [0.05, 0.1) is 10.5 Å². The zero-order valence-corrected chi connectivity index (χ0v) is 8.04. The van der Waals surface area contributed by atoms with Crippen LogP contribution in [0.2, 0.25) is 0 Å². The van der Waals surface area contributed by atoms with E-state index in [4.69, 9.17) is 0 Å². The van der Waals surface area contributed by atoms with Crippen molar-refractivity contribution in [3.05, 3.63) is 51.2 Å². The molecule has 0 saturated carbocycles. The highest BCUT2D eigenvalue weighted by atomic mass is 19.1. The summed E-state index contributed by atoms with van der Waals surface area (Å²) in [5, 5.41) is 10.4. The number of hydrogen-bond donors (Lipinski definition) is 0. The molecule has 0 aliphatic rings. The van der Waals surface area contributed by atoms with Crippen LogP contribution >= 0.6 is 0 Å². The zero-order chi connectivity index (χ0) is 11.4. The summed E-state index contributed by atoms with van der Waals surface area (Å²) in [6.07, 6.45) is 1.03. The summed E-state index contributed by atoms with van der Waals surface area (Å²) in [4.78, 5) is 9.80. The summed E-state index contributed by atoms with van der Waals surface area (Å²) < 4.78 is 26.2. The van der Waals surface area contributed by atoms with Crippen LogP contribution in [-0.4, -0.2) is 4.92 Å². The number of benzene rings is 1. The van der Waals surface area contributed by atoms with E-state index >= 15 is 0 Å². The van der Waals surface area contributed by atoms with Gasteiger partial charge in [0, 0.05) is 12.5 Å². The second kappa shape index (κ2) is 4.63. The molecule has 0 aliphatic heterocycles. The average Bonchev–Trinajstić information content (AvgIpc) is 2.17. The molecule has 80 valence electrons. The molecule has 0 amide bonds. The molecule has 1 aromatic rings. The van der Waals surface area contributed by atoms with E-state index in [-0.39, 0.29) is 17.7 Å². The number of rotatable bonds is 3. The Morgan fingerprint density at radius 3 is 2.40 bits per heavy atom. The second-order valence-corrected chi connectivity index (χ2v) is 2.88. The predicted molar refractivity (Wildman–Crippen MR) is 51.6 cm³/mol.